The molecule has 2 aromatic rings. The topological polar surface area (TPSA) is 60.4 Å². The molecule has 6 nitrogen and oxygen atoms in total. The van der Waals surface area contributed by atoms with Crippen molar-refractivity contribution in [3.8, 4) is 0 Å². The van der Waals surface area contributed by atoms with Crippen LogP contribution in [0.5, 0.6) is 0 Å². The Morgan fingerprint density at radius 1 is 1.14 bits per heavy atom. The minimum atomic E-state index is -0.466. The lowest BCUT2D eigenvalue weighted by atomic mass is 10.1. The van der Waals surface area contributed by atoms with E-state index in [4.69, 9.17) is 14.3 Å². The van der Waals surface area contributed by atoms with E-state index >= 15 is 0 Å². The summed E-state index contributed by atoms with van der Waals surface area (Å²) in [7, 11) is 0. The molecule has 1 fully saturated rings. The average molecular weight is 394 g/mol. The van der Waals surface area contributed by atoms with E-state index in [-0.39, 0.29) is 13.2 Å². The molecule has 1 heterocycles. The van der Waals surface area contributed by atoms with E-state index in [0.717, 1.165) is 29.8 Å². The summed E-state index contributed by atoms with van der Waals surface area (Å²) in [4.78, 5) is 19.4. The lowest BCUT2D eigenvalue weighted by Gasteiger charge is -2.29. The quantitative estimate of drug-likeness (QED) is 0.312. The minimum Gasteiger partial charge on any atom is -0.458 e. The van der Waals surface area contributed by atoms with Crippen molar-refractivity contribution in [3.05, 3.63) is 77.4 Å². The van der Waals surface area contributed by atoms with Crippen molar-refractivity contribution in [1.29, 1.82) is 0 Å². The third-order valence-electron chi connectivity index (χ3n) is 4.57. The molecule has 0 unspecified atom stereocenters. The number of carbonyl (C=O) groups is 1. The Morgan fingerprint density at radius 3 is 2.48 bits per heavy atom. The standard InChI is InChI=1S/C23H26N2O4/c1-3-19-6-8-20(9-7-19)16-28-22(26)17-29-24-23(25-12-14-27-15-13-25)21-10-4-18(2)5-11-21/h3-11H,1,12-17H2,2H3/b24-23-. The Hall–Kier alpha value is -3.12. The maximum Gasteiger partial charge on any atom is 0.347 e. The van der Waals surface area contributed by atoms with E-state index in [9.17, 15) is 4.79 Å². The maximum atomic E-state index is 12.0. The lowest BCUT2D eigenvalue weighted by molar-refractivity contribution is -0.150. The molecule has 1 aliphatic heterocycles. The molecule has 6 heteroatoms. The summed E-state index contributed by atoms with van der Waals surface area (Å²) in [5.74, 6) is 0.230. The van der Waals surface area contributed by atoms with Crippen molar-refractivity contribution in [2.45, 2.75) is 13.5 Å². The molecular formula is C23H26N2O4. The van der Waals surface area contributed by atoms with E-state index in [2.05, 4.69) is 16.6 Å². The van der Waals surface area contributed by atoms with Crippen LogP contribution in [0.3, 0.4) is 0 Å². The second-order valence-corrected chi connectivity index (χ2v) is 6.76. The van der Waals surface area contributed by atoms with Crippen molar-refractivity contribution in [3.63, 3.8) is 0 Å². The zero-order valence-corrected chi connectivity index (χ0v) is 16.7. The minimum absolute atomic E-state index is 0.192. The number of benzene rings is 2. The highest BCUT2D eigenvalue weighted by Crippen LogP contribution is 2.11. The van der Waals surface area contributed by atoms with Crippen LogP contribution in [0.4, 0.5) is 0 Å². The zero-order chi connectivity index (χ0) is 20.5. The summed E-state index contributed by atoms with van der Waals surface area (Å²) in [6.45, 7) is 8.42. The molecule has 0 amide bonds. The van der Waals surface area contributed by atoms with Crippen molar-refractivity contribution >= 4 is 17.9 Å². The molecule has 0 aliphatic carbocycles. The molecule has 152 valence electrons. The summed E-state index contributed by atoms with van der Waals surface area (Å²) in [6.07, 6.45) is 1.77. The number of esters is 1. The predicted octanol–water partition coefficient (Wildman–Crippen LogP) is 3.39. The van der Waals surface area contributed by atoms with Gasteiger partial charge in [0, 0.05) is 18.7 Å². The molecule has 0 atom stereocenters. The largest absolute Gasteiger partial charge is 0.458 e. The normalized spacial score (nSPS) is 14.4. The number of carbonyl (C=O) groups excluding carboxylic acids is 1. The number of amidine groups is 1. The Morgan fingerprint density at radius 2 is 1.83 bits per heavy atom. The second-order valence-electron chi connectivity index (χ2n) is 6.76. The van der Waals surface area contributed by atoms with E-state index < -0.39 is 5.97 Å². The number of rotatable bonds is 7. The monoisotopic (exact) mass is 394 g/mol. The van der Waals surface area contributed by atoms with Gasteiger partial charge in [0.1, 0.15) is 6.61 Å². The molecule has 0 saturated carbocycles. The van der Waals surface area contributed by atoms with Crippen molar-refractivity contribution in [1.82, 2.24) is 4.90 Å². The van der Waals surface area contributed by atoms with Crippen LogP contribution in [-0.4, -0.2) is 49.6 Å². The summed E-state index contributed by atoms with van der Waals surface area (Å²) in [6, 6.07) is 15.7. The van der Waals surface area contributed by atoms with Crippen LogP contribution in [-0.2, 0) is 25.7 Å². The first kappa shape index (κ1) is 20.6. The first-order valence-corrected chi connectivity index (χ1v) is 9.62. The van der Waals surface area contributed by atoms with Crippen LogP contribution in [0, 0.1) is 6.92 Å². The van der Waals surface area contributed by atoms with Gasteiger partial charge in [-0.05, 0) is 18.1 Å². The van der Waals surface area contributed by atoms with Gasteiger partial charge in [0.15, 0.2) is 5.84 Å². The number of hydrogen-bond donors (Lipinski definition) is 0. The maximum absolute atomic E-state index is 12.0. The molecule has 1 saturated heterocycles. The first-order chi connectivity index (χ1) is 14.2. The molecule has 29 heavy (non-hydrogen) atoms. The fraction of sp³-hybridized carbons (Fsp3) is 0.304. The number of ether oxygens (including phenoxy) is 2. The van der Waals surface area contributed by atoms with Crippen molar-refractivity contribution < 1.29 is 19.1 Å². The van der Waals surface area contributed by atoms with Crippen LogP contribution in [0.2, 0.25) is 0 Å². The van der Waals surface area contributed by atoms with Gasteiger partial charge in [-0.1, -0.05) is 71.9 Å². The van der Waals surface area contributed by atoms with Gasteiger partial charge in [0.2, 0.25) is 6.61 Å². The molecule has 0 aromatic heterocycles. The van der Waals surface area contributed by atoms with Crippen LogP contribution in [0.25, 0.3) is 6.08 Å². The summed E-state index contributed by atoms with van der Waals surface area (Å²) >= 11 is 0. The van der Waals surface area contributed by atoms with Crippen LogP contribution in [0.15, 0.2) is 60.3 Å². The molecule has 0 spiro atoms. The van der Waals surface area contributed by atoms with Crippen LogP contribution < -0.4 is 0 Å². The molecule has 0 radical (unpaired) electrons. The van der Waals surface area contributed by atoms with Crippen LogP contribution >= 0.6 is 0 Å². The average Bonchev–Trinajstić information content (AvgIpc) is 2.77. The van der Waals surface area contributed by atoms with Gasteiger partial charge in [-0.2, -0.15) is 0 Å². The smallest absolute Gasteiger partial charge is 0.347 e. The van der Waals surface area contributed by atoms with E-state index in [1.165, 1.54) is 5.56 Å². The Bertz CT molecular complexity index is 838. The Labute approximate surface area is 171 Å². The number of morpholine rings is 1. The fourth-order valence-corrected chi connectivity index (χ4v) is 2.87. The van der Waals surface area contributed by atoms with Gasteiger partial charge in [0.05, 0.1) is 13.2 Å². The first-order valence-electron chi connectivity index (χ1n) is 9.62. The third-order valence-corrected chi connectivity index (χ3v) is 4.57. The molecule has 0 N–H and O–H groups in total. The summed E-state index contributed by atoms with van der Waals surface area (Å²) in [5.41, 5.74) is 4.03. The highest BCUT2D eigenvalue weighted by atomic mass is 16.7. The van der Waals surface area contributed by atoms with Gasteiger partial charge in [0.25, 0.3) is 0 Å². The Kier molecular flexibility index (Phi) is 7.41. The third kappa shape index (κ3) is 6.19. The van der Waals surface area contributed by atoms with Gasteiger partial charge in [-0.3, -0.25) is 0 Å². The number of nitrogens with zero attached hydrogens (tertiary/aromatic N) is 2. The predicted molar refractivity (Wildman–Crippen MR) is 112 cm³/mol. The van der Waals surface area contributed by atoms with Gasteiger partial charge in [-0.15, -0.1) is 0 Å². The number of aryl methyl sites for hydroxylation is 1. The molecular weight excluding hydrogens is 368 g/mol. The fourth-order valence-electron chi connectivity index (χ4n) is 2.87. The SMILES string of the molecule is C=Cc1ccc(COC(=O)CO/N=C(/c2ccc(C)cc2)N2CCOCC2)cc1. The number of oxime groups is 1. The van der Waals surface area contributed by atoms with Crippen molar-refractivity contribution in [2.24, 2.45) is 5.16 Å². The second kappa shape index (κ2) is 10.4. The van der Waals surface area contributed by atoms with Crippen LogP contribution in [0.1, 0.15) is 22.3 Å². The highest BCUT2D eigenvalue weighted by molar-refractivity contribution is 5.98. The Balaban J connectivity index is 1.57. The van der Waals surface area contributed by atoms with E-state index in [0.29, 0.717) is 19.0 Å². The lowest BCUT2D eigenvalue weighted by Crippen LogP contribution is -2.41. The summed E-state index contributed by atoms with van der Waals surface area (Å²) in [5, 5.41) is 4.24. The van der Waals surface area contributed by atoms with Gasteiger partial charge < -0.3 is 19.2 Å². The van der Waals surface area contributed by atoms with Crippen molar-refractivity contribution in [2.75, 3.05) is 32.9 Å². The van der Waals surface area contributed by atoms with Gasteiger partial charge >= 0.3 is 5.97 Å². The van der Waals surface area contributed by atoms with E-state index in [1.54, 1.807) is 6.08 Å². The molecule has 2 aromatic carbocycles. The zero-order valence-electron chi connectivity index (χ0n) is 16.7. The molecule has 0 bridgehead atoms. The summed E-state index contributed by atoms with van der Waals surface area (Å²) < 4.78 is 10.7. The highest BCUT2D eigenvalue weighted by Gasteiger charge is 2.18. The number of hydrogen-bond acceptors (Lipinski definition) is 5. The molecule has 3 rings (SSSR count). The van der Waals surface area contributed by atoms with E-state index in [1.807, 2.05) is 55.5 Å². The van der Waals surface area contributed by atoms with Gasteiger partial charge in [-0.25, -0.2) is 4.79 Å². The molecule has 1 aliphatic rings.